The molecule has 2 aromatic carbocycles. The number of hydrogen-bond acceptors (Lipinski definition) is 4. The summed E-state index contributed by atoms with van der Waals surface area (Å²) in [6.07, 6.45) is -0.246. The van der Waals surface area contributed by atoms with Gasteiger partial charge in [0, 0.05) is 4.47 Å². The quantitative estimate of drug-likeness (QED) is 0.841. The van der Waals surface area contributed by atoms with Crippen molar-refractivity contribution in [2.75, 3.05) is 13.2 Å². The zero-order valence-corrected chi connectivity index (χ0v) is 14.9. The van der Waals surface area contributed by atoms with Gasteiger partial charge < -0.3 is 20.5 Å². The number of amides is 1. The van der Waals surface area contributed by atoms with Gasteiger partial charge in [-0.2, -0.15) is 0 Å². The summed E-state index contributed by atoms with van der Waals surface area (Å²) in [6.45, 7) is 2.41. The number of ether oxygens (including phenoxy) is 2. The number of carbonyl (C=O) groups excluding carboxylic acids is 1. The number of nitrogens with two attached hydrogens (primary N) is 1. The van der Waals surface area contributed by atoms with Gasteiger partial charge in [-0.1, -0.05) is 40.2 Å². The molecule has 6 heteroatoms. The highest BCUT2D eigenvalue weighted by molar-refractivity contribution is 9.10. The zero-order chi connectivity index (χ0) is 17.2. The molecule has 3 N–H and O–H groups in total. The third-order valence-electron chi connectivity index (χ3n) is 3.97. The Bertz CT molecular complexity index is 731. The predicted octanol–water partition coefficient (Wildman–Crippen LogP) is 2.58. The fraction of sp³-hybridized carbons (Fsp3) is 0.278. The Labute approximate surface area is 149 Å². The van der Waals surface area contributed by atoms with Crippen molar-refractivity contribution in [2.45, 2.75) is 18.6 Å². The van der Waals surface area contributed by atoms with Crippen LogP contribution in [0.15, 0.2) is 53.0 Å². The number of rotatable bonds is 4. The number of halogens is 1. The summed E-state index contributed by atoms with van der Waals surface area (Å²) in [6, 6.07) is 14.9. The summed E-state index contributed by atoms with van der Waals surface area (Å²) >= 11 is 3.37. The summed E-state index contributed by atoms with van der Waals surface area (Å²) in [5, 5.41) is 2.86. The maximum atomic E-state index is 12.5. The van der Waals surface area contributed by atoms with Gasteiger partial charge in [0.25, 0.3) is 0 Å². The van der Waals surface area contributed by atoms with Crippen LogP contribution in [0.3, 0.4) is 0 Å². The monoisotopic (exact) mass is 390 g/mol. The molecular weight excluding hydrogens is 372 g/mol. The van der Waals surface area contributed by atoms with E-state index in [1.54, 1.807) is 6.92 Å². The maximum Gasteiger partial charge on any atom is 0.244 e. The Hall–Kier alpha value is -2.05. The highest BCUT2D eigenvalue weighted by Crippen LogP contribution is 2.30. The normalized spacial score (nSPS) is 18.5. The number of nitrogens with one attached hydrogen (secondary N) is 1. The molecule has 2 atom stereocenters. The van der Waals surface area contributed by atoms with Gasteiger partial charge in [-0.3, -0.25) is 4.79 Å². The summed E-state index contributed by atoms with van der Waals surface area (Å²) in [5.74, 6) is 1.15. The van der Waals surface area contributed by atoms with Gasteiger partial charge in [-0.15, -0.1) is 0 Å². The van der Waals surface area contributed by atoms with Crippen LogP contribution in [0.2, 0.25) is 0 Å². The fourth-order valence-electron chi connectivity index (χ4n) is 2.48. The van der Waals surface area contributed by atoms with Crippen LogP contribution in [-0.2, 0) is 10.3 Å². The molecule has 0 spiro atoms. The van der Waals surface area contributed by atoms with Crippen molar-refractivity contribution in [1.82, 2.24) is 5.32 Å². The first-order valence-corrected chi connectivity index (χ1v) is 8.48. The number of fused-ring (bicyclic) bond motifs is 1. The molecule has 0 bridgehead atoms. The molecule has 0 aromatic heterocycles. The van der Waals surface area contributed by atoms with Gasteiger partial charge in [0.15, 0.2) is 11.5 Å². The lowest BCUT2D eigenvalue weighted by Crippen LogP contribution is -2.52. The summed E-state index contributed by atoms with van der Waals surface area (Å²) in [5.41, 5.74) is 5.85. The van der Waals surface area contributed by atoms with Gasteiger partial charge in [0.1, 0.15) is 18.2 Å². The predicted molar refractivity (Wildman–Crippen MR) is 95.0 cm³/mol. The summed E-state index contributed by atoms with van der Waals surface area (Å²) < 4.78 is 12.4. The van der Waals surface area contributed by atoms with Crippen molar-refractivity contribution in [3.8, 4) is 11.5 Å². The molecule has 3 rings (SSSR count). The van der Waals surface area contributed by atoms with Crippen LogP contribution >= 0.6 is 15.9 Å². The van der Waals surface area contributed by atoms with Crippen molar-refractivity contribution in [2.24, 2.45) is 5.73 Å². The summed E-state index contributed by atoms with van der Waals surface area (Å²) in [4.78, 5) is 12.5. The number of hydrogen-bond donors (Lipinski definition) is 2. The van der Waals surface area contributed by atoms with Crippen molar-refractivity contribution >= 4 is 21.8 Å². The van der Waals surface area contributed by atoms with E-state index in [-0.39, 0.29) is 12.0 Å². The van der Waals surface area contributed by atoms with Crippen molar-refractivity contribution < 1.29 is 14.3 Å². The van der Waals surface area contributed by atoms with Crippen LogP contribution < -0.4 is 20.5 Å². The largest absolute Gasteiger partial charge is 0.486 e. The van der Waals surface area contributed by atoms with E-state index in [0.717, 1.165) is 15.8 Å². The third-order valence-corrected chi connectivity index (χ3v) is 4.50. The fourth-order valence-corrected chi connectivity index (χ4v) is 2.75. The molecule has 5 nitrogen and oxygen atoms in total. The van der Waals surface area contributed by atoms with Crippen molar-refractivity contribution in [3.63, 3.8) is 0 Å². The second-order valence-electron chi connectivity index (χ2n) is 5.92. The van der Waals surface area contributed by atoms with Gasteiger partial charge in [0.2, 0.25) is 5.91 Å². The van der Waals surface area contributed by atoms with Gasteiger partial charge in [-0.25, -0.2) is 0 Å². The van der Waals surface area contributed by atoms with Crippen LogP contribution in [0, 0.1) is 0 Å². The lowest BCUT2D eigenvalue weighted by molar-refractivity contribution is -0.126. The molecule has 1 heterocycles. The average molecular weight is 391 g/mol. The molecule has 0 radical (unpaired) electrons. The van der Waals surface area contributed by atoms with E-state index in [1.807, 2.05) is 48.5 Å². The Morgan fingerprint density at radius 1 is 1.25 bits per heavy atom. The van der Waals surface area contributed by atoms with Crippen LogP contribution in [0.5, 0.6) is 11.5 Å². The number of para-hydroxylation sites is 2. The molecule has 0 aliphatic carbocycles. The van der Waals surface area contributed by atoms with Crippen molar-refractivity contribution in [1.29, 1.82) is 0 Å². The number of benzene rings is 2. The minimum Gasteiger partial charge on any atom is -0.486 e. The highest BCUT2D eigenvalue weighted by Gasteiger charge is 2.31. The molecule has 0 saturated carbocycles. The Morgan fingerprint density at radius 2 is 1.92 bits per heavy atom. The first-order valence-electron chi connectivity index (χ1n) is 7.68. The molecule has 126 valence electrons. The van der Waals surface area contributed by atoms with E-state index in [2.05, 4.69) is 21.2 Å². The SMILES string of the molecule is CC(N)(C(=O)NCC1COc2ccccc2O1)c1ccc(Br)cc1. The Balaban J connectivity index is 1.60. The minimum atomic E-state index is -1.12. The van der Waals surface area contributed by atoms with Gasteiger partial charge in [0.05, 0.1) is 6.54 Å². The Morgan fingerprint density at radius 3 is 2.62 bits per heavy atom. The molecule has 1 aliphatic rings. The zero-order valence-electron chi connectivity index (χ0n) is 13.3. The molecule has 1 amide bonds. The topological polar surface area (TPSA) is 73.6 Å². The van der Waals surface area contributed by atoms with Crippen LogP contribution in [0.1, 0.15) is 12.5 Å². The second kappa shape index (κ2) is 6.83. The van der Waals surface area contributed by atoms with E-state index in [0.29, 0.717) is 18.9 Å². The van der Waals surface area contributed by atoms with Gasteiger partial charge >= 0.3 is 0 Å². The third kappa shape index (κ3) is 3.55. The molecule has 0 fully saturated rings. The van der Waals surface area contributed by atoms with Crippen molar-refractivity contribution in [3.05, 3.63) is 58.6 Å². The molecule has 2 aromatic rings. The van der Waals surface area contributed by atoms with E-state index >= 15 is 0 Å². The van der Waals surface area contributed by atoms with Gasteiger partial charge in [-0.05, 0) is 36.8 Å². The first-order chi connectivity index (χ1) is 11.5. The highest BCUT2D eigenvalue weighted by atomic mass is 79.9. The second-order valence-corrected chi connectivity index (χ2v) is 6.83. The van der Waals surface area contributed by atoms with Crippen LogP contribution in [0.25, 0.3) is 0 Å². The molecule has 24 heavy (non-hydrogen) atoms. The summed E-state index contributed by atoms with van der Waals surface area (Å²) in [7, 11) is 0. The van der Waals surface area contributed by atoms with E-state index in [4.69, 9.17) is 15.2 Å². The number of carbonyl (C=O) groups is 1. The van der Waals surface area contributed by atoms with E-state index in [1.165, 1.54) is 0 Å². The maximum absolute atomic E-state index is 12.5. The lowest BCUT2D eigenvalue weighted by Gasteiger charge is -2.29. The van der Waals surface area contributed by atoms with Crippen LogP contribution in [-0.4, -0.2) is 25.2 Å². The van der Waals surface area contributed by atoms with E-state index < -0.39 is 5.54 Å². The molecule has 1 aliphatic heterocycles. The standard InChI is InChI=1S/C18H19BrN2O3/c1-18(20,12-6-8-13(19)9-7-12)17(22)21-10-14-11-23-15-4-2-3-5-16(15)24-14/h2-9,14H,10-11,20H2,1H3,(H,21,22). The van der Waals surface area contributed by atoms with E-state index in [9.17, 15) is 4.79 Å². The molecule has 0 saturated heterocycles. The lowest BCUT2D eigenvalue weighted by atomic mass is 9.92. The minimum absolute atomic E-state index is 0.246. The van der Waals surface area contributed by atoms with Crippen LogP contribution in [0.4, 0.5) is 0 Å². The first kappa shape index (κ1) is 16.8. The average Bonchev–Trinajstić information content (AvgIpc) is 2.59. The molecule has 2 unspecified atom stereocenters. The molecular formula is C18H19BrN2O3. The Kier molecular flexibility index (Phi) is 4.78. The smallest absolute Gasteiger partial charge is 0.244 e.